The third kappa shape index (κ3) is 3.24. The quantitative estimate of drug-likeness (QED) is 0.894. The van der Waals surface area contributed by atoms with E-state index in [1.807, 2.05) is 19.9 Å². The van der Waals surface area contributed by atoms with Gasteiger partial charge in [0.25, 0.3) is 5.91 Å². The van der Waals surface area contributed by atoms with Gasteiger partial charge in [0.1, 0.15) is 0 Å². The average Bonchev–Trinajstić information content (AvgIpc) is 2.89. The average molecular weight is 290 g/mol. The van der Waals surface area contributed by atoms with E-state index >= 15 is 0 Å². The molecular weight excluding hydrogens is 268 g/mol. The molecule has 0 radical (unpaired) electrons. The van der Waals surface area contributed by atoms with Crippen molar-refractivity contribution >= 4 is 17.5 Å². The molecule has 0 aliphatic carbocycles. The van der Waals surface area contributed by atoms with Gasteiger partial charge in [0.05, 0.1) is 0 Å². The topological polar surface area (TPSA) is 60.9 Å². The Morgan fingerprint density at radius 2 is 2.10 bits per heavy atom. The Hall–Kier alpha value is -1.88. The number of carbonyl (C=O) groups excluding carboxylic acids is 2. The number of rotatable bonds is 5. The lowest BCUT2D eigenvalue weighted by atomic mass is 10.1. The molecule has 2 rings (SSSR count). The number of carbonyl (C=O) groups is 2. The Kier molecular flexibility index (Phi) is 4.96. The fourth-order valence-electron chi connectivity index (χ4n) is 2.65. The maximum absolute atomic E-state index is 12.4. The minimum absolute atomic E-state index is 0.00138. The molecule has 5 nitrogen and oxygen atoms in total. The summed E-state index contributed by atoms with van der Waals surface area (Å²) < 4.78 is 0. The van der Waals surface area contributed by atoms with Gasteiger partial charge >= 0.3 is 0 Å². The maximum Gasteiger partial charge on any atom is 0.253 e. The van der Waals surface area contributed by atoms with Gasteiger partial charge in [-0.15, -0.1) is 0 Å². The zero-order chi connectivity index (χ0) is 15.4. The Morgan fingerprint density at radius 3 is 2.67 bits per heavy atom. The maximum atomic E-state index is 12.4. The van der Waals surface area contributed by atoms with Crippen molar-refractivity contribution in [2.24, 2.45) is 5.92 Å². The number of aliphatic hydroxyl groups excluding tert-OH is 1. The predicted molar refractivity (Wildman–Crippen MR) is 81.2 cm³/mol. The standard InChI is InChI=1S/C16H22N2O3/c1-3-17(4-2)16(21)13-6-5-7-14(9-13)18-10-12(11-19)8-15(18)20/h5-7,9,12,19H,3-4,8,10-11H2,1-2H3. The number of benzene rings is 1. The van der Waals surface area contributed by atoms with Gasteiger partial charge in [0, 0.05) is 49.8 Å². The van der Waals surface area contributed by atoms with Crippen molar-refractivity contribution in [2.45, 2.75) is 20.3 Å². The molecule has 1 aromatic carbocycles. The highest BCUT2D eigenvalue weighted by molar-refractivity contribution is 5.99. The summed E-state index contributed by atoms with van der Waals surface area (Å²) >= 11 is 0. The summed E-state index contributed by atoms with van der Waals surface area (Å²) in [5.41, 5.74) is 1.32. The number of nitrogens with zero attached hydrogens (tertiary/aromatic N) is 2. The van der Waals surface area contributed by atoms with E-state index in [1.54, 1.807) is 28.0 Å². The fraction of sp³-hybridized carbons (Fsp3) is 0.500. The Bertz CT molecular complexity index is 526. The molecule has 1 unspecified atom stereocenters. The molecule has 1 saturated heterocycles. The van der Waals surface area contributed by atoms with Gasteiger partial charge in [-0.25, -0.2) is 0 Å². The van der Waals surface area contributed by atoms with E-state index in [1.165, 1.54) is 0 Å². The van der Waals surface area contributed by atoms with Crippen LogP contribution in [0.3, 0.4) is 0 Å². The van der Waals surface area contributed by atoms with Crippen LogP contribution in [0.15, 0.2) is 24.3 Å². The summed E-state index contributed by atoms with van der Waals surface area (Å²) in [5.74, 6) is -0.0340. The highest BCUT2D eigenvalue weighted by Crippen LogP contribution is 2.25. The molecule has 0 aromatic heterocycles. The summed E-state index contributed by atoms with van der Waals surface area (Å²) in [7, 11) is 0. The SMILES string of the molecule is CCN(CC)C(=O)c1cccc(N2CC(CO)CC2=O)c1. The lowest BCUT2D eigenvalue weighted by Crippen LogP contribution is -2.31. The van der Waals surface area contributed by atoms with E-state index in [9.17, 15) is 14.7 Å². The van der Waals surface area contributed by atoms with Crippen LogP contribution >= 0.6 is 0 Å². The van der Waals surface area contributed by atoms with Crippen molar-refractivity contribution in [1.82, 2.24) is 4.90 Å². The second-order valence-corrected chi connectivity index (χ2v) is 5.28. The molecule has 1 atom stereocenters. The van der Waals surface area contributed by atoms with Crippen molar-refractivity contribution in [1.29, 1.82) is 0 Å². The third-order valence-corrected chi connectivity index (χ3v) is 3.92. The molecule has 1 heterocycles. The number of anilines is 1. The molecule has 5 heteroatoms. The monoisotopic (exact) mass is 290 g/mol. The molecule has 114 valence electrons. The fourth-order valence-corrected chi connectivity index (χ4v) is 2.65. The smallest absolute Gasteiger partial charge is 0.253 e. The van der Waals surface area contributed by atoms with Gasteiger partial charge in [-0.2, -0.15) is 0 Å². The Labute approximate surface area is 125 Å². The summed E-state index contributed by atoms with van der Waals surface area (Å²) in [6.45, 7) is 5.74. The number of amides is 2. The highest BCUT2D eigenvalue weighted by Gasteiger charge is 2.30. The Morgan fingerprint density at radius 1 is 1.38 bits per heavy atom. The van der Waals surface area contributed by atoms with Gasteiger partial charge in [0.2, 0.25) is 5.91 Å². The van der Waals surface area contributed by atoms with Gasteiger partial charge < -0.3 is 14.9 Å². The predicted octanol–water partition coefficient (Wildman–Crippen LogP) is 1.51. The molecule has 1 aromatic rings. The number of hydrogen-bond donors (Lipinski definition) is 1. The molecule has 0 bridgehead atoms. The molecule has 1 aliphatic heterocycles. The van der Waals surface area contributed by atoms with E-state index in [0.29, 0.717) is 31.6 Å². The van der Waals surface area contributed by atoms with Gasteiger partial charge in [-0.3, -0.25) is 9.59 Å². The van der Waals surface area contributed by atoms with E-state index in [0.717, 1.165) is 5.69 Å². The van der Waals surface area contributed by atoms with Crippen LogP contribution in [0.2, 0.25) is 0 Å². The Balaban J connectivity index is 2.22. The number of hydrogen-bond acceptors (Lipinski definition) is 3. The van der Waals surface area contributed by atoms with Gasteiger partial charge in [0.15, 0.2) is 0 Å². The zero-order valence-corrected chi connectivity index (χ0v) is 12.6. The summed E-state index contributed by atoms with van der Waals surface area (Å²) in [5, 5.41) is 9.19. The van der Waals surface area contributed by atoms with Crippen LogP contribution < -0.4 is 4.90 Å². The van der Waals surface area contributed by atoms with Crippen LogP contribution in [0.4, 0.5) is 5.69 Å². The second kappa shape index (κ2) is 6.72. The molecule has 1 N–H and O–H groups in total. The molecular formula is C16H22N2O3. The minimum atomic E-state index is -0.0211. The van der Waals surface area contributed by atoms with Crippen molar-refractivity contribution in [2.75, 3.05) is 31.1 Å². The minimum Gasteiger partial charge on any atom is -0.396 e. The first kappa shape index (κ1) is 15.5. The highest BCUT2D eigenvalue weighted by atomic mass is 16.3. The van der Waals surface area contributed by atoms with Crippen molar-refractivity contribution in [3.8, 4) is 0 Å². The van der Waals surface area contributed by atoms with Crippen LogP contribution in [0.25, 0.3) is 0 Å². The molecule has 0 saturated carbocycles. The van der Waals surface area contributed by atoms with Crippen molar-refractivity contribution < 1.29 is 14.7 Å². The van der Waals surface area contributed by atoms with E-state index in [-0.39, 0.29) is 24.3 Å². The molecule has 1 fully saturated rings. The largest absolute Gasteiger partial charge is 0.396 e. The molecule has 1 aliphatic rings. The van der Waals surface area contributed by atoms with Crippen LogP contribution in [0.5, 0.6) is 0 Å². The first-order valence-electron chi connectivity index (χ1n) is 7.41. The molecule has 21 heavy (non-hydrogen) atoms. The molecule has 0 spiro atoms. The number of aliphatic hydroxyl groups is 1. The van der Waals surface area contributed by atoms with Crippen LogP contribution in [0, 0.1) is 5.92 Å². The summed E-state index contributed by atoms with van der Waals surface area (Å²) in [6.07, 6.45) is 0.366. The van der Waals surface area contributed by atoms with Crippen LogP contribution in [-0.4, -0.2) is 48.1 Å². The van der Waals surface area contributed by atoms with Crippen molar-refractivity contribution in [3.05, 3.63) is 29.8 Å². The van der Waals surface area contributed by atoms with Crippen molar-refractivity contribution in [3.63, 3.8) is 0 Å². The zero-order valence-electron chi connectivity index (χ0n) is 12.6. The van der Waals surface area contributed by atoms with Gasteiger partial charge in [-0.05, 0) is 32.0 Å². The van der Waals surface area contributed by atoms with Crippen LogP contribution in [-0.2, 0) is 4.79 Å². The normalized spacial score (nSPS) is 18.1. The van der Waals surface area contributed by atoms with Gasteiger partial charge in [-0.1, -0.05) is 6.07 Å². The van der Waals surface area contributed by atoms with E-state index < -0.39 is 0 Å². The lowest BCUT2D eigenvalue weighted by molar-refractivity contribution is -0.117. The first-order valence-corrected chi connectivity index (χ1v) is 7.41. The third-order valence-electron chi connectivity index (χ3n) is 3.92. The van der Waals surface area contributed by atoms with E-state index in [4.69, 9.17) is 0 Å². The first-order chi connectivity index (χ1) is 10.1. The summed E-state index contributed by atoms with van der Waals surface area (Å²) in [6, 6.07) is 7.16. The second-order valence-electron chi connectivity index (χ2n) is 5.28. The summed E-state index contributed by atoms with van der Waals surface area (Å²) in [4.78, 5) is 27.8. The van der Waals surface area contributed by atoms with E-state index in [2.05, 4.69) is 0 Å². The van der Waals surface area contributed by atoms with Crippen LogP contribution in [0.1, 0.15) is 30.6 Å². The molecule has 2 amide bonds. The lowest BCUT2D eigenvalue weighted by Gasteiger charge is -2.21.